The highest BCUT2D eigenvalue weighted by atomic mass is 32.1. The molecule has 4 nitrogen and oxygen atoms in total. The van der Waals surface area contributed by atoms with Crippen LogP contribution in [0.5, 0.6) is 0 Å². The molecule has 0 saturated carbocycles. The molecule has 0 fully saturated rings. The van der Waals surface area contributed by atoms with Gasteiger partial charge in [0.05, 0.1) is 6.04 Å². The monoisotopic (exact) mass is 363 g/mol. The summed E-state index contributed by atoms with van der Waals surface area (Å²) in [6, 6.07) is 12.1. The molecule has 26 heavy (non-hydrogen) atoms. The Morgan fingerprint density at radius 2 is 2.12 bits per heavy atom. The fourth-order valence-corrected chi connectivity index (χ4v) is 4.09. The lowest BCUT2D eigenvalue weighted by Crippen LogP contribution is -2.31. The molecule has 3 aromatic rings. The number of fused-ring (bicyclic) bond motifs is 1. The van der Waals surface area contributed by atoms with Crippen LogP contribution in [0.25, 0.3) is 11.4 Å². The smallest absolute Gasteiger partial charge is 0.220 e. The van der Waals surface area contributed by atoms with Crippen LogP contribution in [0.4, 0.5) is 0 Å². The SMILES string of the molecule is O=C(CCc1ccsc1)N[C@@H]1CCCc2nc(-c3ccccc3)ncc21. The van der Waals surface area contributed by atoms with Gasteiger partial charge in [-0.2, -0.15) is 11.3 Å². The van der Waals surface area contributed by atoms with Crippen LogP contribution in [0.15, 0.2) is 53.4 Å². The molecule has 0 aliphatic heterocycles. The number of nitrogens with zero attached hydrogens (tertiary/aromatic N) is 2. The van der Waals surface area contributed by atoms with Gasteiger partial charge in [-0.05, 0) is 48.1 Å². The van der Waals surface area contributed by atoms with Gasteiger partial charge >= 0.3 is 0 Å². The number of carbonyl (C=O) groups is 1. The molecule has 0 radical (unpaired) electrons. The van der Waals surface area contributed by atoms with Gasteiger partial charge in [0.25, 0.3) is 0 Å². The van der Waals surface area contributed by atoms with E-state index in [4.69, 9.17) is 4.98 Å². The van der Waals surface area contributed by atoms with E-state index >= 15 is 0 Å². The van der Waals surface area contributed by atoms with E-state index in [1.165, 1.54) is 5.56 Å². The van der Waals surface area contributed by atoms with Gasteiger partial charge in [-0.25, -0.2) is 9.97 Å². The molecule has 1 amide bonds. The van der Waals surface area contributed by atoms with E-state index in [1.807, 2.05) is 41.9 Å². The largest absolute Gasteiger partial charge is 0.349 e. The van der Waals surface area contributed by atoms with Crippen LogP contribution in [0.3, 0.4) is 0 Å². The van der Waals surface area contributed by atoms with E-state index in [2.05, 4.69) is 21.7 Å². The van der Waals surface area contributed by atoms with Crippen molar-refractivity contribution in [2.45, 2.75) is 38.1 Å². The minimum absolute atomic E-state index is 0.0264. The molecule has 0 bridgehead atoms. The summed E-state index contributed by atoms with van der Waals surface area (Å²) in [4.78, 5) is 21.7. The van der Waals surface area contributed by atoms with Crippen molar-refractivity contribution in [1.82, 2.24) is 15.3 Å². The highest BCUT2D eigenvalue weighted by molar-refractivity contribution is 7.07. The number of hydrogen-bond acceptors (Lipinski definition) is 4. The summed E-state index contributed by atoms with van der Waals surface area (Å²) in [5.41, 5.74) is 4.38. The topological polar surface area (TPSA) is 54.9 Å². The highest BCUT2D eigenvalue weighted by Crippen LogP contribution is 2.29. The first-order chi connectivity index (χ1) is 12.8. The summed E-state index contributed by atoms with van der Waals surface area (Å²) >= 11 is 1.67. The van der Waals surface area contributed by atoms with Crippen LogP contribution in [-0.4, -0.2) is 15.9 Å². The molecule has 2 aromatic heterocycles. The molecule has 0 spiro atoms. The highest BCUT2D eigenvalue weighted by Gasteiger charge is 2.23. The van der Waals surface area contributed by atoms with Crippen molar-refractivity contribution in [2.24, 2.45) is 0 Å². The van der Waals surface area contributed by atoms with E-state index in [0.717, 1.165) is 48.3 Å². The van der Waals surface area contributed by atoms with Crippen molar-refractivity contribution in [3.05, 3.63) is 70.2 Å². The second-order valence-corrected chi connectivity index (χ2v) is 7.39. The van der Waals surface area contributed by atoms with Gasteiger partial charge in [0.2, 0.25) is 5.91 Å². The number of rotatable bonds is 5. The second-order valence-electron chi connectivity index (χ2n) is 6.61. The molecule has 1 aliphatic rings. The van der Waals surface area contributed by atoms with Gasteiger partial charge in [-0.15, -0.1) is 0 Å². The van der Waals surface area contributed by atoms with Crippen LogP contribution in [0, 0.1) is 0 Å². The van der Waals surface area contributed by atoms with Crippen molar-refractivity contribution in [3.8, 4) is 11.4 Å². The summed E-state index contributed by atoms with van der Waals surface area (Å²) in [5, 5.41) is 7.33. The Balaban J connectivity index is 1.46. The number of hydrogen-bond donors (Lipinski definition) is 1. The third-order valence-electron chi connectivity index (χ3n) is 4.77. The van der Waals surface area contributed by atoms with E-state index in [0.29, 0.717) is 6.42 Å². The van der Waals surface area contributed by atoms with Crippen LogP contribution in [0.1, 0.15) is 42.1 Å². The maximum atomic E-state index is 12.4. The summed E-state index contributed by atoms with van der Waals surface area (Å²) in [5.74, 6) is 0.856. The molecule has 1 N–H and O–H groups in total. The Bertz CT molecular complexity index is 878. The average Bonchev–Trinajstić information content (AvgIpc) is 3.21. The van der Waals surface area contributed by atoms with Gasteiger partial charge in [0.15, 0.2) is 5.82 Å². The average molecular weight is 363 g/mol. The van der Waals surface area contributed by atoms with Gasteiger partial charge in [0.1, 0.15) is 0 Å². The molecule has 5 heteroatoms. The molecular weight excluding hydrogens is 342 g/mol. The third-order valence-corrected chi connectivity index (χ3v) is 5.50. The number of benzene rings is 1. The van der Waals surface area contributed by atoms with Crippen LogP contribution in [-0.2, 0) is 17.6 Å². The van der Waals surface area contributed by atoms with E-state index < -0.39 is 0 Å². The predicted molar refractivity (Wildman–Crippen MR) is 104 cm³/mol. The van der Waals surface area contributed by atoms with Crippen molar-refractivity contribution in [3.63, 3.8) is 0 Å². The maximum absolute atomic E-state index is 12.4. The number of thiophene rings is 1. The minimum atomic E-state index is 0.0264. The Morgan fingerprint density at radius 1 is 1.23 bits per heavy atom. The van der Waals surface area contributed by atoms with Crippen LogP contribution >= 0.6 is 11.3 Å². The van der Waals surface area contributed by atoms with Crippen molar-refractivity contribution >= 4 is 17.2 Å². The lowest BCUT2D eigenvalue weighted by atomic mass is 9.92. The number of aromatic nitrogens is 2. The lowest BCUT2D eigenvalue weighted by molar-refractivity contribution is -0.121. The van der Waals surface area contributed by atoms with E-state index in [-0.39, 0.29) is 11.9 Å². The Kier molecular flexibility index (Phi) is 5.07. The summed E-state index contributed by atoms with van der Waals surface area (Å²) < 4.78 is 0. The predicted octanol–water partition coefficient (Wildman–Crippen LogP) is 4.33. The standard InChI is InChI=1S/C21H21N3OS/c25-20(10-9-15-11-12-26-14-15)23-18-7-4-8-19-17(18)13-22-21(24-19)16-5-2-1-3-6-16/h1-3,5-6,11-14,18H,4,7-10H2,(H,23,25)/t18-/m1/s1. The van der Waals surface area contributed by atoms with Gasteiger partial charge in [0, 0.05) is 29.4 Å². The molecule has 0 saturated heterocycles. The number of aryl methyl sites for hydroxylation is 2. The third kappa shape index (κ3) is 3.83. The summed E-state index contributed by atoms with van der Waals surface area (Å²) in [7, 11) is 0. The molecule has 1 aliphatic carbocycles. The summed E-state index contributed by atoms with van der Waals surface area (Å²) in [6.07, 6.45) is 6.13. The van der Waals surface area contributed by atoms with Crippen molar-refractivity contribution in [1.29, 1.82) is 0 Å². The minimum Gasteiger partial charge on any atom is -0.349 e. The Labute approximate surface area is 157 Å². The fourth-order valence-electron chi connectivity index (χ4n) is 3.38. The first-order valence-electron chi connectivity index (χ1n) is 9.01. The molecule has 1 atom stereocenters. The zero-order valence-electron chi connectivity index (χ0n) is 14.5. The lowest BCUT2D eigenvalue weighted by Gasteiger charge is -2.25. The molecular formula is C21H21N3OS. The van der Waals surface area contributed by atoms with E-state index in [1.54, 1.807) is 11.3 Å². The molecule has 132 valence electrons. The second kappa shape index (κ2) is 7.79. The Hall–Kier alpha value is -2.53. The molecule has 0 unspecified atom stereocenters. The van der Waals surface area contributed by atoms with Gasteiger partial charge < -0.3 is 5.32 Å². The molecule has 1 aromatic carbocycles. The number of amides is 1. The molecule has 4 rings (SSSR count). The van der Waals surface area contributed by atoms with E-state index in [9.17, 15) is 4.79 Å². The van der Waals surface area contributed by atoms with Gasteiger partial charge in [-0.1, -0.05) is 30.3 Å². The number of carbonyl (C=O) groups excluding carboxylic acids is 1. The normalized spacial score (nSPS) is 16.1. The Morgan fingerprint density at radius 3 is 2.92 bits per heavy atom. The zero-order valence-corrected chi connectivity index (χ0v) is 15.3. The van der Waals surface area contributed by atoms with Crippen LogP contribution < -0.4 is 5.32 Å². The van der Waals surface area contributed by atoms with Crippen molar-refractivity contribution < 1.29 is 4.79 Å². The first-order valence-corrected chi connectivity index (χ1v) is 9.95. The van der Waals surface area contributed by atoms with Crippen molar-refractivity contribution in [2.75, 3.05) is 0 Å². The maximum Gasteiger partial charge on any atom is 0.220 e. The fraction of sp³-hybridized carbons (Fsp3) is 0.286. The summed E-state index contributed by atoms with van der Waals surface area (Å²) in [6.45, 7) is 0. The quantitative estimate of drug-likeness (QED) is 0.734. The van der Waals surface area contributed by atoms with Gasteiger partial charge in [-0.3, -0.25) is 4.79 Å². The number of nitrogens with one attached hydrogen (secondary N) is 1. The molecule has 2 heterocycles. The first kappa shape index (κ1) is 16.9. The zero-order chi connectivity index (χ0) is 17.8. The van der Waals surface area contributed by atoms with Crippen LogP contribution in [0.2, 0.25) is 0 Å².